The summed E-state index contributed by atoms with van der Waals surface area (Å²) in [6.07, 6.45) is -2.66. The van der Waals surface area contributed by atoms with E-state index in [1.807, 2.05) is 11.8 Å². The maximum atomic E-state index is 12.8. The summed E-state index contributed by atoms with van der Waals surface area (Å²) in [5, 5.41) is 2.79. The number of alkyl carbamates (subject to hydrolysis) is 1. The van der Waals surface area contributed by atoms with Gasteiger partial charge in [-0.25, -0.2) is 4.79 Å². The van der Waals surface area contributed by atoms with Gasteiger partial charge in [-0.3, -0.25) is 4.79 Å². The Kier molecular flexibility index (Phi) is 4.66. The molecule has 29 heavy (non-hydrogen) atoms. The van der Waals surface area contributed by atoms with Crippen LogP contribution in [0.4, 0.5) is 18.0 Å². The molecule has 2 heterocycles. The normalized spacial score (nSPS) is 28.5. The van der Waals surface area contributed by atoms with E-state index in [4.69, 9.17) is 4.74 Å². The third-order valence-electron chi connectivity index (χ3n) is 6.41. The van der Waals surface area contributed by atoms with Gasteiger partial charge in [-0.2, -0.15) is 0 Å². The summed E-state index contributed by atoms with van der Waals surface area (Å²) < 4.78 is 46.5. The Hall–Kier alpha value is -2.45. The molecule has 0 unspecified atom stereocenters. The number of amides is 2. The first-order valence-electron chi connectivity index (χ1n) is 9.68. The van der Waals surface area contributed by atoms with Crippen LogP contribution in [0.3, 0.4) is 0 Å². The van der Waals surface area contributed by atoms with Gasteiger partial charge in [0.25, 0.3) is 0 Å². The van der Waals surface area contributed by atoms with Crippen LogP contribution in [0, 0.1) is 5.92 Å². The van der Waals surface area contributed by atoms with Gasteiger partial charge in [0.15, 0.2) is 0 Å². The lowest BCUT2D eigenvalue weighted by atomic mass is 9.68. The van der Waals surface area contributed by atoms with E-state index in [9.17, 15) is 22.8 Å². The Labute approximate surface area is 166 Å². The van der Waals surface area contributed by atoms with Crippen molar-refractivity contribution in [2.45, 2.75) is 49.9 Å². The molecule has 9 heteroatoms. The first-order valence-corrected chi connectivity index (χ1v) is 9.68. The molecule has 1 aromatic rings. The lowest BCUT2D eigenvalue weighted by Gasteiger charge is -2.46. The van der Waals surface area contributed by atoms with Crippen molar-refractivity contribution in [3.63, 3.8) is 0 Å². The highest BCUT2D eigenvalue weighted by atomic mass is 19.4. The fraction of sp³-hybridized carbons (Fsp3) is 0.600. The molecule has 1 saturated carbocycles. The van der Waals surface area contributed by atoms with Crippen molar-refractivity contribution in [2.75, 3.05) is 19.7 Å². The van der Waals surface area contributed by atoms with E-state index in [2.05, 4.69) is 10.1 Å². The van der Waals surface area contributed by atoms with E-state index in [1.165, 1.54) is 12.1 Å². The van der Waals surface area contributed by atoms with Crippen LogP contribution in [-0.2, 0) is 14.9 Å². The SMILES string of the molecule is CC1(c2cccc(OC(F)(F)F)c2)CCN(C(=O)C2CC3(COC(=O)N3)C2)CC1. The topological polar surface area (TPSA) is 67.9 Å². The van der Waals surface area contributed by atoms with Crippen molar-refractivity contribution in [2.24, 2.45) is 5.92 Å². The zero-order chi connectivity index (χ0) is 20.9. The van der Waals surface area contributed by atoms with Gasteiger partial charge in [-0.15, -0.1) is 13.2 Å². The molecule has 1 N–H and O–H groups in total. The average Bonchev–Trinajstić information content (AvgIpc) is 3.02. The number of alkyl halides is 3. The van der Waals surface area contributed by atoms with Crippen LogP contribution >= 0.6 is 0 Å². The standard InChI is InChI=1S/C20H23F3N2O4/c1-18(14-3-2-4-15(9-14)29-20(21,22)23)5-7-25(8-6-18)16(26)13-10-19(11-13)12-28-17(27)24-19/h2-4,9,13H,5-8,10-12H2,1H3,(H,24,27). The van der Waals surface area contributed by atoms with Crippen LogP contribution in [0.15, 0.2) is 24.3 Å². The third kappa shape index (κ3) is 4.00. The number of carbonyl (C=O) groups excluding carboxylic acids is 2. The summed E-state index contributed by atoms with van der Waals surface area (Å²) in [7, 11) is 0. The fourth-order valence-electron chi connectivity index (χ4n) is 4.61. The van der Waals surface area contributed by atoms with Gasteiger partial charge >= 0.3 is 12.5 Å². The number of likely N-dealkylation sites (tertiary alicyclic amines) is 1. The maximum absolute atomic E-state index is 12.8. The van der Waals surface area contributed by atoms with E-state index < -0.39 is 12.5 Å². The second-order valence-electron chi connectivity index (χ2n) is 8.55. The number of rotatable bonds is 3. The largest absolute Gasteiger partial charge is 0.573 e. The minimum Gasteiger partial charge on any atom is -0.447 e. The summed E-state index contributed by atoms with van der Waals surface area (Å²) in [4.78, 5) is 25.9. The highest BCUT2D eigenvalue weighted by molar-refractivity contribution is 5.81. The quantitative estimate of drug-likeness (QED) is 0.827. The maximum Gasteiger partial charge on any atom is 0.573 e. The first-order chi connectivity index (χ1) is 13.6. The number of hydrogen-bond donors (Lipinski definition) is 1. The van der Waals surface area contributed by atoms with Crippen molar-refractivity contribution in [1.29, 1.82) is 0 Å². The van der Waals surface area contributed by atoms with Gasteiger partial charge in [-0.1, -0.05) is 19.1 Å². The van der Waals surface area contributed by atoms with Gasteiger partial charge in [0.05, 0.1) is 5.54 Å². The predicted octanol–water partition coefficient (Wildman–Crippen LogP) is 3.35. The molecule has 3 fully saturated rings. The number of piperidine rings is 1. The van der Waals surface area contributed by atoms with Gasteiger partial charge in [-0.05, 0) is 48.8 Å². The molecule has 0 atom stereocenters. The number of nitrogens with one attached hydrogen (secondary N) is 1. The smallest absolute Gasteiger partial charge is 0.447 e. The van der Waals surface area contributed by atoms with Crippen molar-refractivity contribution >= 4 is 12.0 Å². The van der Waals surface area contributed by atoms with Crippen LogP contribution in [0.2, 0.25) is 0 Å². The van der Waals surface area contributed by atoms with E-state index in [-0.39, 0.29) is 28.5 Å². The molecule has 1 spiro atoms. The summed E-state index contributed by atoms with van der Waals surface area (Å²) in [6.45, 7) is 3.41. The summed E-state index contributed by atoms with van der Waals surface area (Å²) >= 11 is 0. The highest BCUT2D eigenvalue weighted by Crippen LogP contribution is 2.43. The molecule has 0 bridgehead atoms. The van der Waals surface area contributed by atoms with Crippen LogP contribution in [0.5, 0.6) is 5.75 Å². The zero-order valence-corrected chi connectivity index (χ0v) is 16.1. The molecule has 0 aromatic heterocycles. The lowest BCUT2D eigenvalue weighted by molar-refractivity contribution is -0.274. The second kappa shape index (κ2) is 6.81. The van der Waals surface area contributed by atoms with Crippen molar-refractivity contribution in [3.8, 4) is 5.75 Å². The van der Waals surface area contributed by atoms with E-state index in [1.54, 1.807) is 12.1 Å². The molecule has 158 valence electrons. The van der Waals surface area contributed by atoms with Crippen molar-refractivity contribution in [3.05, 3.63) is 29.8 Å². The molecule has 2 amide bonds. The van der Waals surface area contributed by atoms with Crippen molar-refractivity contribution in [1.82, 2.24) is 10.2 Å². The van der Waals surface area contributed by atoms with Crippen molar-refractivity contribution < 1.29 is 32.2 Å². The molecule has 1 aliphatic carbocycles. The van der Waals surface area contributed by atoms with Crippen LogP contribution < -0.4 is 10.1 Å². The number of carbonyl (C=O) groups is 2. The third-order valence-corrected chi connectivity index (χ3v) is 6.41. The van der Waals surface area contributed by atoms with E-state index >= 15 is 0 Å². The average molecular weight is 412 g/mol. The first kappa shape index (κ1) is 19.8. The minimum absolute atomic E-state index is 0.0768. The molecule has 1 aromatic carbocycles. The van der Waals surface area contributed by atoms with Crippen LogP contribution in [0.25, 0.3) is 0 Å². The number of ether oxygens (including phenoxy) is 2. The Morgan fingerprint density at radius 1 is 1.28 bits per heavy atom. The van der Waals surface area contributed by atoms with Crippen LogP contribution in [0.1, 0.15) is 38.2 Å². The van der Waals surface area contributed by atoms with Gasteiger partial charge in [0.1, 0.15) is 12.4 Å². The summed E-state index contributed by atoms with van der Waals surface area (Å²) in [5.74, 6) is -0.270. The van der Waals surface area contributed by atoms with E-state index in [0.29, 0.717) is 45.4 Å². The number of halogens is 3. The molecule has 4 rings (SSSR count). The Balaban J connectivity index is 1.35. The summed E-state index contributed by atoms with van der Waals surface area (Å²) in [5.41, 5.74) is 0.0657. The molecular weight excluding hydrogens is 389 g/mol. The zero-order valence-electron chi connectivity index (χ0n) is 16.1. The summed E-state index contributed by atoms with van der Waals surface area (Å²) in [6, 6.07) is 6.09. The number of cyclic esters (lactones) is 1. The Morgan fingerprint density at radius 2 is 1.97 bits per heavy atom. The second-order valence-corrected chi connectivity index (χ2v) is 8.55. The van der Waals surface area contributed by atoms with Gasteiger partial charge in [0.2, 0.25) is 5.91 Å². The molecule has 0 radical (unpaired) electrons. The van der Waals surface area contributed by atoms with E-state index in [0.717, 1.165) is 5.56 Å². The monoisotopic (exact) mass is 412 g/mol. The molecular formula is C20H23F3N2O4. The lowest BCUT2D eigenvalue weighted by Crippen LogP contribution is -2.59. The number of hydrogen-bond acceptors (Lipinski definition) is 4. The van der Waals surface area contributed by atoms with Gasteiger partial charge in [0, 0.05) is 19.0 Å². The molecule has 2 aliphatic heterocycles. The predicted molar refractivity (Wildman–Crippen MR) is 96.2 cm³/mol. The fourth-order valence-corrected chi connectivity index (χ4v) is 4.61. The Bertz CT molecular complexity index is 812. The minimum atomic E-state index is -4.72. The van der Waals surface area contributed by atoms with Gasteiger partial charge < -0.3 is 19.7 Å². The Morgan fingerprint density at radius 3 is 2.55 bits per heavy atom. The number of benzene rings is 1. The molecule has 3 aliphatic rings. The van der Waals surface area contributed by atoms with Crippen LogP contribution in [-0.4, -0.2) is 48.5 Å². The molecule has 6 nitrogen and oxygen atoms in total. The highest BCUT2D eigenvalue weighted by Gasteiger charge is 2.53. The number of nitrogens with zero attached hydrogens (tertiary/aromatic N) is 1. The molecule has 2 saturated heterocycles.